The number of nitrogens with one attached hydrogen (secondary N) is 1. The van der Waals surface area contributed by atoms with Crippen molar-refractivity contribution in [3.63, 3.8) is 0 Å². The molecule has 1 aromatic heterocycles. The highest BCUT2D eigenvalue weighted by molar-refractivity contribution is 7.90. The first-order chi connectivity index (χ1) is 11.4. The smallest absolute Gasteiger partial charge is 0.312 e. The van der Waals surface area contributed by atoms with Crippen LogP contribution in [0.25, 0.3) is 0 Å². The van der Waals surface area contributed by atoms with Crippen molar-refractivity contribution in [2.24, 2.45) is 0 Å². The van der Waals surface area contributed by atoms with Gasteiger partial charge in [-0.15, -0.1) is 0 Å². The Morgan fingerprint density at radius 3 is 2.28 bits per heavy atom. The van der Waals surface area contributed by atoms with Crippen molar-refractivity contribution < 1.29 is 26.4 Å². The fourth-order valence-corrected chi connectivity index (χ4v) is 4.12. The minimum Gasteiger partial charge on any atom is -0.312 e. The normalized spacial score (nSPS) is 12.2. The van der Waals surface area contributed by atoms with E-state index in [1.54, 1.807) is 4.72 Å². The summed E-state index contributed by atoms with van der Waals surface area (Å²) in [6.45, 7) is -1.49. The number of benzene rings is 1. The maximum absolute atomic E-state index is 12.4. The molecule has 0 aliphatic carbocycles. The summed E-state index contributed by atoms with van der Waals surface area (Å²) in [7, 11) is -4.51. The van der Waals surface area contributed by atoms with Gasteiger partial charge in [0, 0.05) is 0 Å². The molecule has 0 radical (unpaired) electrons. The van der Waals surface area contributed by atoms with Crippen LogP contribution in [0, 0.1) is 0 Å². The topological polar surface area (TPSA) is 81.1 Å². The number of rotatable bonds is 4. The molecule has 1 heterocycles. The summed E-state index contributed by atoms with van der Waals surface area (Å²) < 4.78 is 63.7. The van der Waals surface area contributed by atoms with Crippen LogP contribution >= 0.6 is 34.8 Å². The monoisotopic (exact) mass is 435 g/mol. The van der Waals surface area contributed by atoms with Crippen LogP contribution in [0.15, 0.2) is 29.4 Å². The summed E-state index contributed by atoms with van der Waals surface area (Å²) in [4.78, 5) is 14.9. The van der Waals surface area contributed by atoms with E-state index in [1.165, 1.54) is 18.2 Å². The molecule has 0 saturated heterocycles. The molecule has 0 atom stereocenters. The van der Waals surface area contributed by atoms with Gasteiger partial charge in [0.15, 0.2) is 5.69 Å². The highest BCUT2D eigenvalue weighted by Crippen LogP contribution is 2.29. The molecule has 0 unspecified atom stereocenters. The van der Waals surface area contributed by atoms with Crippen LogP contribution in [0.3, 0.4) is 0 Å². The van der Waals surface area contributed by atoms with Gasteiger partial charge in [-0.05, 0) is 12.1 Å². The highest BCUT2D eigenvalue weighted by Gasteiger charge is 2.31. The molecule has 1 aromatic carbocycles. The Bertz CT molecular complexity index is 908. The molecule has 25 heavy (non-hydrogen) atoms. The third kappa shape index (κ3) is 4.57. The second kappa shape index (κ2) is 7.02. The van der Waals surface area contributed by atoms with Gasteiger partial charge in [-0.25, -0.2) is 18.1 Å². The van der Waals surface area contributed by atoms with Gasteiger partial charge in [0.2, 0.25) is 0 Å². The number of amides is 1. The number of imidazole rings is 1. The zero-order valence-corrected chi connectivity index (χ0v) is 14.9. The van der Waals surface area contributed by atoms with Crippen molar-refractivity contribution in [3.8, 4) is 0 Å². The van der Waals surface area contributed by atoms with E-state index in [0.29, 0.717) is 10.9 Å². The number of aromatic nitrogens is 2. The summed E-state index contributed by atoms with van der Waals surface area (Å²) in [5.41, 5.74) is -0.697. The van der Waals surface area contributed by atoms with Crippen LogP contribution in [0.1, 0.15) is 10.5 Å². The number of carbonyl (C=O) groups is 1. The van der Waals surface area contributed by atoms with Crippen molar-refractivity contribution in [1.29, 1.82) is 0 Å². The number of halogens is 6. The van der Waals surface area contributed by atoms with E-state index in [-0.39, 0.29) is 10.0 Å². The molecule has 0 aliphatic heterocycles. The Morgan fingerprint density at radius 1 is 1.20 bits per heavy atom. The number of nitrogens with zero attached hydrogens (tertiary/aromatic N) is 2. The van der Waals surface area contributed by atoms with Crippen LogP contribution in [0.5, 0.6) is 0 Å². The first-order valence-electron chi connectivity index (χ1n) is 6.21. The lowest BCUT2D eigenvalue weighted by Crippen LogP contribution is -2.31. The van der Waals surface area contributed by atoms with Gasteiger partial charge in [0.1, 0.15) is 16.6 Å². The minimum absolute atomic E-state index is 0.249. The number of alkyl halides is 3. The third-order valence-electron chi connectivity index (χ3n) is 2.75. The molecule has 0 fully saturated rings. The number of hydrogen-bond donors (Lipinski definition) is 1. The fourth-order valence-electron chi connectivity index (χ4n) is 1.78. The lowest BCUT2D eigenvalue weighted by Gasteiger charge is -2.10. The van der Waals surface area contributed by atoms with E-state index in [9.17, 15) is 26.4 Å². The molecule has 13 heteroatoms. The van der Waals surface area contributed by atoms with Gasteiger partial charge in [0.25, 0.3) is 15.9 Å². The molecular formula is C12H7Cl3F3N3O3S. The quantitative estimate of drug-likeness (QED) is 0.795. The highest BCUT2D eigenvalue weighted by atomic mass is 35.5. The third-order valence-corrected chi connectivity index (χ3v) is 5.43. The van der Waals surface area contributed by atoms with Gasteiger partial charge in [-0.2, -0.15) is 13.2 Å². The van der Waals surface area contributed by atoms with Crippen LogP contribution in [-0.4, -0.2) is 30.1 Å². The van der Waals surface area contributed by atoms with Crippen molar-refractivity contribution in [2.45, 2.75) is 17.6 Å². The van der Waals surface area contributed by atoms with Gasteiger partial charge in [0.05, 0.1) is 16.4 Å². The van der Waals surface area contributed by atoms with Crippen molar-refractivity contribution >= 4 is 50.7 Å². The summed E-state index contributed by atoms with van der Waals surface area (Å²) in [6, 6.07) is 3.86. The molecular weight excluding hydrogens is 430 g/mol. The van der Waals surface area contributed by atoms with Gasteiger partial charge in [-0.3, -0.25) is 4.79 Å². The van der Waals surface area contributed by atoms with E-state index in [2.05, 4.69) is 4.98 Å². The van der Waals surface area contributed by atoms with Gasteiger partial charge >= 0.3 is 6.18 Å². The molecule has 1 N–H and O–H groups in total. The molecule has 1 amide bonds. The number of carbonyl (C=O) groups excluding carboxylic acids is 1. The van der Waals surface area contributed by atoms with Crippen molar-refractivity contribution in [1.82, 2.24) is 14.3 Å². The summed E-state index contributed by atoms with van der Waals surface area (Å²) in [5.74, 6) is -1.33. The van der Waals surface area contributed by atoms with Gasteiger partial charge < -0.3 is 4.57 Å². The van der Waals surface area contributed by atoms with Crippen LogP contribution < -0.4 is 4.72 Å². The zero-order valence-electron chi connectivity index (χ0n) is 11.8. The van der Waals surface area contributed by atoms with Crippen LogP contribution in [-0.2, 0) is 16.6 Å². The maximum atomic E-state index is 12.4. The number of hydrogen-bond acceptors (Lipinski definition) is 4. The Kier molecular flexibility index (Phi) is 5.57. The molecule has 2 rings (SSSR count). The molecule has 0 bridgehead atoms. The van der Waals surface area contributed by atoms with Crippen molar-refractivity contribution in [2.75, 3.05) is 0 Å². The predicted octanol–water partition coefficient (Wildman–Crippen LogP) is 3.52. The summed E-state index contributed by atoms with van der Waals surface area (Å²) in [5, 5.41) is -1.17. The Hall–Kier alpha value is -1.49. The van der Waals surface area contributed by atoms with E-state index < -0.39 is 44.4 Å². The van der Waals surface area contributed by atoms with E-state index in [1.807, 2.05) is 0 Å². The SMILES string of the molecule is O=C(NS(=O)(=O)c1c(Cl)cccc1Cl)c1ncn(CC(F)(F)F)c1Cl. The predicted molar refractivity (Wildman–Crippen MR) is 84.4 cm³/mol. The molecule has 136 valence electrons. The fraction of sp³-hybridized carbons (Fsp3) is 0.167. The summed E-state index contributed by atoms with van der Waals surface area (Å²) in [6.07, 6.45) is -3.94. The molecule has 0 aliphatic rings. The first-order valence-corrected chi connectivity index (χ1v) is 8.82. The Morgan fingerprint density at radius 2 is 1.76 bits per heavy atom. The Labute approximate surface area is 154 Å². The molecule has 2 aromatic rings. The second-order valence-corrected chi connectivity index (χ2v) is 7.40. The lowest BCUT2D eigenvalue weighted by molar-refractivity contribution is -0.140. The molecule has 0 saturated carbocycles. The second-order valence-electron chi connectivity index (χ2n) is 4.61. The standard InChI is InChI=1S/C12H7Cl3F3N3O3S/c13-6-2-1-3-7(14)9(6)25(23,24)20-11(22)8-10(15)21(5-19-8)4-12(16,17)18/h1-3,5H,4H2,(H,20,22). The molecule has 0 spiro atoms. The Balaban J connectivity index is 2.31. The summed E-state index contributed by atoms with van der Waals surface area (Å²) >= 11 is 17.2. The first kappa shape index (κ1) is 19.8. The average molecular weight is 437 g/mol. The van der Waals surface area contributed by atoms with Crippen LogP contribution in [0.2, 0.25) is 15.2 Å². The van der Waals surface area contributed by atoms with Crippen molar-refractivity contribution in [3.05, 3.63) is 45.4 Å². The lowest BCUT2D eigenvalue weighted by atomic mass is 10.4. The minimum atomic E-state index is -4.60. The zero-order chi connectivity index (χ0) is 19.0. The van der Waals surface area contributed by atoms with E-state index >= 15 is 0 Å². The van der Waals surface area contributed by atoms with Gasteiger partial charge in [-0.1, -0.05) is 40.9 Å². The molecule has 6 nitrogen and oxygen atoms in total. The van der Waals surface area contributed by atoms with Crippen LogP contribution in [0.4, 0.5) is 13.2 Å². The number of sulfonamides is 1. The largest absolute Gasteiger partial charge is 0.406 e. The van der Waals surface area contributed by atoms with E-state index in [0.717, 1.165) is 0 Å². The average Bonchev–Trinajstić information content (AvgIpc) is 2.77. The van der Waals surface area contributed by atoms with E-state index in [4.69, 9.17) is 34.8 Å². The maximum Gasteiger partial charge on any atom is 0.406 e.